The van der Waals surface area contributed by atoms with E-state index in [1.165, 1.54) is 7.11 Å². The summed E-state index contributed by atoms with van der Waals surface area (Å²) in [6, 6.07) is 13.3. The van der Waals surface area contributed by atoms with E-state index < -0.39 is 0 Å². The molecule has 0 saturated carbocycles. The molecule has 0 unspecified atom stereocenters. The molecule has 0 bridgehead atoms. The van der Waals surface area contributed by atoms with Crippen LogP contribution in [0.2, 0.25) is 0 Å². The number of esters is 1. The van der Waals surface area contributed by atoms with Crippen molar-refractivity contribution in [2.24, 2.45) is 0 Å². The first kappa shape index (κ1) is 13.9. The van der Waals surface area contributed by atoms with Gasteiger partial charge in [0.1, 0.15) is 5.75 Å². The SMILES string of the molecule is COC(=O)Cc1ccc(-c2cccc(N)c2OC)cc1. The highest BCUT2D eigenvalue weighted by Gasteiger charge is 2.09. The second kappa shape index (κ2) is 6.10. The molecule has 0 amide bonds. The zero-order chi connectivity index (χ0) is 14.5. The third kappa shape index (κ3) is 2.91. The van der Waals surface area contributed by atoms with E-state index in [4.69, 9.17) is 10.5 Å². The fourth-order valence-corrected chi connectivity index (χ4v) is 2.05. The van der Waals surface area contributed by atoms with Crippen molar-refractivity contribution in [1.29, 1.82) is 0 Å². The van der Waals surface area contributed by atoms with Crippen LogP contribution in [0, 0.1) is 0 Å². The van der Waals surface area contributed by atoms with Gasteiger partial charge in [-0.2, -0.15) is 0 Å². The summed E-state index contributed by atoms with van der Waals surface area (Å²) < 4.78 is 9.99. The average Bonchev–Trinajstić information content (AvgIpc) is 2.47. The van der Waals surface area contributed by atoms with Gasteiger partial charge in [-0.25, -0.2) is 0 Å². The van der Waals surface area contributed by atoms with E-state index in [0.29, 0.717) is 11.4 Å². The lowest BCUT2D eigenvalue weighted by Gasteiger charge is -2.11. The highest BCUT2D eigenvalue weighted by atomic mass is 16.5. The van der Waals surface area contributed by atoms with Gasteiger partial charge < -0.3 is 15.2 Å². The molecule has 0 fully saturated rings. The second-order valence-corrected chi connectivity index (χ2v) is 4.38. The third-order valence-electron chi connectivity index (χ3n) is 3.09. The molecular formula is C16H17NO3. The number of carbonyl (C=O) groups is 1. The quantitative estimate of drug-likeness (QED) is 0.686. The topological polar surface area (TPSA) is 61.5 Å². The summed E-state index contributed by atoms with van der Waals surface area (Å²) in [6.07, 6.45) is 0.269. The van der Waals surface area contributed by atoms with Crippen LogP contribution in [0.1, 0.15) is 5.56 Å². The molecular weight excluding hydrogens is 254 g/mol. The molecule has 2 rings (SSSR count). The van der Waals surface area contributed by atoms with Crippen LogP contribution < -0.4 is 10.5 Å². The van der Waals surface area contributed by atoms with Crippen molar-refractivity contribution in [3.05, 3.63) is 48.0 Å². The van der Waals surface area contributed by atoms with Gasteiger partial charge in [0.05, 0.1) is 26.3 Å². The van der Waals surface area contributed by atoms with Gasteiger partial charge in [0, 0.05) is 5.56 Å². The van der Waals surface area contributed by atoms with E-state index in [1.807, 2.05) is 36.4 Å². The first-order valence-electron chi connectivity index (χ1n) is 6.24. The van der Waals surface area contributed by atoms with E-state index in [-0.39, 0.29) is 12.4 Å². The number of nitrogens with two attached hydrogens (primary N) is 1. The Morgan fingerprint density at radius 2 is 1.80 bits per heavy atom. The minimum absolute atomic E-state index is 0.251. The summed E-state index contributed by atoms with van der Waals surface area (Å²) in [5.74, 6) is 0.410. The molecule has 4 nitrogen and oxygen atoms in total. The summed E-state index contributed by atoms with van der Waals surface area (Å²) in [5, 5.41) is 0. The molecule has 0 aromatic heterocycles. The summed E-state index contributed by atoms with van der Waals surface area (Å²) in [4.78, 5) is 11.2. The number of hydrogen-bond acceptors (Lipinski definition) is 4. The van der Waals surface area contributed by atoms with Crippen LogP contribution in [0.3, 0.4) is 0 Å². The van der Waals surface area contributed by atoms with Crippen molar-refractivity contribution in [1.82, 2.24) is 0 Å². The Morgan fingerprint density at radius 3 is 2.40 bits per heavy atom. The van der Waals surface area contributed by atoms with Crippen LogP contribution in [-0.4, -0.2) is 20.2 Å². The lowest BCUT2D eigenvalue weighted by atomic mass is 10.0. The van der Waals surface area contributed by atoms with Crippen molar-refractivity contribution in [3.8, 4) is 16.9 Å². The third-order valence-corrected chi connectivity index (χ3v) is 3.09. The maximum atomic E-state index is 11.2. The number of hydrogen-bond donors (Lipinski definition) is 1. The lowest BCUT2D eigenvalue weighted by Crippen LogP contribution is -2.04. The van der Waals surface area contributed by atoms with E-state index in [0.717, 1.165) is 16.7 Å². The predicted molar refractivity (Wildman–Crippen MR) is 78.6 cm³/mol. The number of carbonyl (C=O) groups excluding carboxylic acids is 1. The maximum Gasteiger partial charge on any atom is 0.309 e. The fourth-order valence-electron chi connectivity index (χ4n) is 2.05. The molecule has 4 heteroatoms. The van der Waals surface area contributed by atoms with Gasteiger partial charge in [-0.3, -0.25) is 4.79 Å². The van der Waals surface area contributed by atoms with Gasteiger partial charge >= 0.3 is 5.97 Å². The van der Waals surface area contributed by atoms with Crippen molar-refractivity contribution in [3.63, 3.8) is 0 Å². The maximum absolute atomic E-state index is 11.2. The first-order chi connectivity index (χ1) is 9.65. The molecule has 2 N–H and O–H groups in total. The molecule has 20 heavy (non-hydrogen) atoms. The van der Waals surface area contributed by atoms with Crippen molar-refractivity contribution in [2.45, 2.75) is 6.42 Å². The van der Waals surface area contributed by atoms with Gasteiger partial charge in [0.25, 0.3) is 0 Å². The zero-order valence-corrected chi connectivity index (χ0v) is 11.6. The Bertz CT molecular complexity index is 606. The molecule has 2 aromatic rings. The summed E-state index contributed by atoms with van der Waals surface area (Å²) >= 11 is 0. The predicted octanol–water partition coefficient (Wildman–Crippen LogP) is 2.66. The molecule has 0 saturated heterocycles. The van der Waals surface area contributed by atoms with Gasteiger partial charge in [-0.1, -0.05) is 36.4 Å². The van der Waals surface area contributed by atoms with Gasteiger partial charge in [-0.15, -0.1) is 0 Å². The van der Waals surface area contributed by atoms with Crippen LogP contribution in [0.4, 0.5) is 5.69 Å². The molecule has 0 spiro atoms. The van der Waals surface area contributed by atoms with E-state index in [2.05, 4.69) is 4.74 Å². The Hall–Kier alpha value is -2.49. The Balaban J connectivity index is 2.31. The molecule has 2 aromatic carbocycles. The van der Waals surface area contributed by atoms with Crippen LogP contribution in [0.5, 0.6) is 5.75 Å². The summed E-state index contributed by atoms with van der Waals surface area (Å²) in [7, 11) is 2.98. The minimum Gasteiger partial charge on any atom is -0.494 e. The number of ether oxygens (including phenoxy) is 2. The monoisotopic (exact) mass is 271 g/mol. The fraction of sp³-hybridized carbons (Fsp3) is 0.188. The summed E-state index contributed by atoms with van der Waals surface area (Å²) in [6.45, 7) is 0. The van der Waals surface area contributed by atoms with Crippen LogP contribution in [-0.2, 0) is 16.0 Å². The number of nitrogen functional groups attached to an aromatic ring is 1. The van der Waals surface area contributed by atoms with Crippen LogP contribution in [0.25, 0.3) is 11.1 Å². The van der Waals surface area contributed by atoms with E-state index in [9.17, 15) is 4.79 Å². The number of methoxy groups -OCH3 is 2. The molecule has 0 aliphatic rings. The highest BCUT2D eigenvalue weighted by molar-refractivity contribution is 5.78. The smallest absolute Gasteiger partial charge is 0.309 e. The largest absolute Gasteiger partial charge is 0.494 e. The molecule has 0 radical (unpaired) electrons. The van der Waals surface area contributed by atoms with Gasteiger partial charge in [0.2, 0.25) is 0 Å². The molecule has 0 aliphatic heterocycles. The summed E-state index contributed by atoms with van der Waals surface area (Å²) in [5.41, 5.74) is 9.32. The first-order valence-corrected chi connectivity index (χ1v) is 6.24. The average molecular weight is 271 g/mol. The Labute approximate surface area is 118 Å². The van der Waals surface area contributed by atoms with Gasteiger partial charge in [0.15, 0.2) is 0 Å². The highest BCUT2D eigenvalue weighted by Crippen LogP contribution is 2.34. The van der Waals surface area contributed by atoms with E-state index in [1.54, 1.807) is 13.2 Å². The number of para-hydroxylation sites is 1. The number of anilines is 1. The van der Waals surface area contributed by atoms with E-state index >= 15 is 0 Å². The molecule has 0 heterocycles. The molecule has 0 atom stereocenters. The second-order valence-electron chi connectivity index (χ2n) is 4.38. The van der Waals surface area contributed by atoms with Crippen molar-refractivity contribution >= 4 is 11.7 Å². The van der Waals surface area contributed by atoms with Crippen molar-refractivity contribution < 1.29 is 14.3 Å². The molecule has 104 valence electrons. The minimum atomic E-state index is -0.251. The Morgan fingerprint density at radius 1 is 1.10 bits per heavy atom. The van der Waals surface area contributed by atoms with Gasteiger partial charge in [-0.05, 0) is 17.2 Å². The van der Waals surface area contributed by atoms with Crippen LogP contribution in [0.15, 0.2) is 42.5 Å². The van der Waals surface area contributed by atoms with Crippen LogP contribution >= 0.6 is 0 Å². The standard InChI is InChI=1S/C16H17NO3/c1-19-15(18)10-11-6-8-12(9-7-11)13-4-3-5-14(17)16(13)20-2/h3-9H,10,17H2,1-2H3. The Kier molecular flexibility index (Phi) is 4.25. The number of benzene rings is 2. The molecule has 0 aliphatic carbocycles. The van der Waals surface area contributed by atoms with Crippen molar-refractivity contribution in [2.75, 3.05) is 20.0 Å². The zero-order valence-electron chi connectivity index (χ0n) is 11.6. The number of rotatable bonds is 4. The lowest BCUT2D eigenvalue weighted by molar-refractivity contribution is -0.139. The normalized spacial score (nSPS) is 10.1.